The Morgan fingerprint density at radius 3 is 2.62 bits per heavy atom. The molecule has 0 aromatic heterocycles. The van der Waals surface area contributed by atoms with Crippen LogP contribution in [-0.4, -0.2) is 12.5 Å². The van der Waals surface area contributed by atoms with E-state index in [1.54, 1.807) is 12.1 Å². The van der Waals surface area contributed by atoms with Crippen LogP contribution in [0.2, 0.25) is 5.02 Å². The van der Waals surface area contributed by atoms with Crippen molar-refractivity contribution >= 4 is 23.2 Å². The van der Waals surface area contributed by atoms with Gasteiger partial charge in [-0.2, -0.15) is 0 Å². The molecule has 3 nitrogen and oxygen atoms in total. The van der Waals surface area contributed by atoms with Crippen LogP contribution in [0.25, 0.3) is 0 Å². The molecule has 1 unspecified atom stereocenters. The molecule has 2 aromatic rings. The number of benzene rings is 2. The number of aryl methyl sites for hydroxylation is 1. The van der Waals surface area contributed by atoms with E-state index in [4.69, 9.17) is 17.3 Å². The van der Waals surface area contributed by atoms with Crippen LogP contribution in [0.5, 0.6) is 0 Å². The first-order chi connectivity index (χ1) is 10.1. The SMILES string of the molecule is Cc1ccc(N2C(N)=NCC2c2c(F)cccc2Cl)cc1. The molecule has 0 saturated heterocycles. The second kappa shape index (κ2) is 5.37. The van der Waals surface area contributed by atoms with Gasteiger partial charge >= 0.3 is 0 Å². The van der Waals surface area contributed by atoms with Crippen LogP contribution >= 0.6 is 11.6 Å². The van der Waals surface area contributed by atoms with Crippen LogP contribution in [0.3, 0.4) is 0 Å². The summed E-state index contributed by atoms with van der Waals surface area (Å²) in [6.45, 7) is 2.40. The van der Waals surface area contributed by atoms with Gasteiger partial charge < -0.3 is 10.6 Å². The van der Waals surface area contributed by atoms with E-state index >= 15 is 0 Å². The van der Waals surface area contributed by atoms with Crippen LogP contribution in [0.1, 0.15) is 17.2 Å². The highest BCUT2D eigenvalue weighted by Gasteiger charge is 2.32. The van der Waals surface area contributed by atoms with Crippen molar-refractivity contribution < 1.29 is 4.39 Å². The van der Waals surface area contributed by atoms with Crippen molar-refractivity contribution in [1.29, 1.82) is 0 Å². The maximum absolute atomic E-state index is 14.2. The predicted octanol–water partition coefficient (Wildman–Crippen LogP) is 3.66. The number of anilines is 1. The van der Waals surface area contributed by atoms with Gasteiger partial charge in [0.2, 0.25) is 0 Å². The first kappa shape index (κ1) is 13.9. The Bertz CT molecular complexity index is 677. The van der Waals surface area contributed by atoms with E-state index in [1.807, 2.05) is 36.1 Å². The third-order valence-electron chi connectivity index (χ3n) is 3.63. The Labute approximate surface area is 127 Å². The van der Waals surface area contributed by atoms with Crippen molar-refractivity contribution in [3.63, 3.8) is 0 Å². The van der Waals surface area contributed by atoms with E-state index in [2.05, 4.69) is 4.99 Å². The van der Waals surface area contributed by atoms with Gasteiger partial charge in [-0.05, 0) is 31.2 Å². The van der Waals surface area contributed by atoms with Crippen molar-refractivity contribution in [1.82, 2.24) is 0 Å². The summed E-state index contributed by atoms with van der Waals surface area (Å²) < 4.78 is 14.2. The Morgan fingerprint density at radius 2 is 1.95 bits per heavy atom. The summed E-state index contributed by atoms with van der Waals surface area (Å²) in [6.07, 6.45) is 0. The minimum absolute atomic E-state index is 0.318. The highest BCUT2D eigenvalue weighted by molar-refractivity contribution is 6.31. The fourth-order valence-corrected chi connectivity index (χ4v) is 2.85. The summed E-state index contributed by atoms with van der Waals surface area (Å²) in [7, 11) is 0. The molecule has 1 atom stereocenters. The fourth-order valence-electron chi connectivity index (χ4n) is 2.56. The summed E-state index contributed by atoms with van der Waals surface area (Å²) in [5, 5.41) is 0.391. The van der Waals surface area contributed by atoms with Crippen LogP contribution in [0.15, 0.2) is 47.5 Å². The standard InChI is InChI=1S/C16H15ClFN3/c1-10-5-7-11(8-6-10)21-14(9-20-16(21)19)15-12(17)3-2-4-13(15)18/h2-8,14H,9H2,1H3,(H2,19,20). The van der Waals surface area contributed by atoms with E-state index < -0.39 is 0 Å². The lowest BCUT2D eigenvalue weighted by molar-refractivity contribution is 0.590. The maximum Gasteiger partial charge on any atom is 0.196 e. The lowest BCUT2D eigenvalue weighted by atomic mass is 10.0. The van der Waals surface area contributed by atoms with E-state index in [0.717, 1.165) is 11.3 Å². The van der Waals surface area contributed by atoms with Crippen molar-refractivity contribution in [3.8, 4) is 0 Å². The van der Waals surface area contributed by atoms with E-state index in [1.165, 1.54) is 6.07 Å². The second-order valence-electron chi connectivity index (χ2n) is 5.06. The Hall–Kier alpha value is -2.07. The van der Waals surface area contributed by atoms with E-state index in [0.29, 0.717) is 23.1 Å². The molecule has 5 heteroatoms. The smallest absolute Gasteiger partial charge is 0.196 e. The molecule has 0 amide bonds. The third kappa shape index (κ3) is 2.47. The molecule has 0 fully saturated rings. The van der Waals surface area contributed by atoms with Gasteiger partial charge in [0.1, 0.15) is 5.82 Å². The fraction of sp³-hybridized carbons (Fsp3) is 0.188. The first-order valence-electron chi connectivity index (χ1n) is 6.67. The molecule has 0 aliphatic carbocycles. The molecule has 3 rings (SSSR count). The molecule has 0 bridgehead atoms. The predicted molar refractivity (Wildman–Crippen MR) is 84.3 cm³/mol. The lowest BCUT2D eigenvalue weighted by Crippen LogP contribution is -2.36. The zero-order chi connectivity index (χ0) is 15.0. The molecular weight excluding hydrogens is 289 g/mol. The van der Waals surface area contributed by atoms with Gasteiger partial charge in [-0.15, -0.1) is 0 Å². The van der Waals surface area contributed by atoms with Crippen LogP contribution < -0.4 is 10.6 Å². The number of nitrogens with two attached hydrogens (primary N) is 1. The molecule has 0 saturated carbocycles. The lowest BCUT2D eigenvalue weighted by Gasteiger charge is -2.27. The largest absolute Gasteiger partial charge is 0.369 e. The van der Waals surface area contributed by atoms with Gasteiger partial charge in [0.05, 0.1) is 12.6 Å². The first-order valence-corrected chi connectivity index (χ1v) is 7.05. The van der Waals surface area contributed by atoms with Crippen molar-refractivity contribution in [3.05, 3.63) is 64.4 Å². The monoisotopic (exact) mass is 303 g/mol. The average molecular weight is 304 g/mol. The number of hydrogen-bond acceptors (Lipinski definition) is 3. The average Bonchev–Trinajstić information content (AvgIpc) is 2.82. The highest BCUT2D eigenvalue weighted by atomic mass is 35.5. The van der Waals surface area contributed by atoms with Gasteiger partial charge in [0.25, 0.3) is 0 Å². The number of halogens is 2. The molecule has 1 aliphatic heterocycles. The number of rotatable bonds is 2. The summed E-state index contributed by atoms with van der Waals surface area (Å²) >= 11 is 6.18. The maximum atomic E-state index is 14.2. The zero-order valence-electron chi connectivity index (χ0n) is 11.6. The van der Waals surface area contributed by atoms with E-state index in [-0.39, 0.29) is 11.9 Å². The summed E-state index contributed by atoms with van der Waals surface area (Å²) in [5.41, 5.74) is 8.45. The minimum Gasteiger partial charge on any atom is -0.369 e. The second-order valence-corrected chi connectivity index (χ2v) is 5.46. The Kier molecular flexibility index (Phi) is 3.55. The molecular formula is C16H15ClFN3. The quantitative estimate of drug-likeness (QED) is 0.920. The van der Waals surface area contributed by atoms with Gasteiger partial charge in [-0.3, -0.25) is 4.99 Å². The molecule has 0 radical (unpaired) electrons. The van der Waals surface area contributed by atoms with E-state index in [9.17, 15) is 4.39 Å². The number of hydrogen-bond donors (Lipinski definition) is 1. The Morgan fingerprint density at radius 1 is 1.24 bits per heavy atom. The van der Waals surface area contributed by atoms with Crippen molar-refractivity contribution in [2.45, 2.75) is 13.0 Å². The van der Waals surface area contributed by atoms with Gasteiger partial charge in [-0.25, -0.2) is 4.39 Å². The van der Waals surface area contributed by atoms with Gasteiger partial charge in [-0.1, -0.05) is 35.4 Å². The summed E-state index contributed by atoms with van der Waals surface area (Å²) in [4.78, 5) is 6.07. The Balaban J connectivity index is 2.05. The highest BCUT2D eigenvalue weighted by Crippen LogP contribution is 2.36. The van der Waals surface area contributed by atoms with Gasteiger partial charge in [0.15, 0.2) is 5.96 Å². The van der Waals surface area contributed by atoms with Crippen LogP contribution in [0, 0.1) is 12.7 Å². The van der Waals surface area contributed by atoms with Crippen LogP contribution in [0.4, 0.5) is 10.1 Å². The molecule has 1 aliphatic rings. The van der Waals surface area contributed by atoms with Gasteiger partial charge in [0, 0.05) is 16.3 Å². The molecule has 0 spiro atoms. The van der Waals surface area contributed by atoms with Crippen LogP contribution in [-0.2, 0) is 0 Å². The number of aliphatic imine (C=N–C) groups is 1. The topological polar surface area (TPSA) is 41.6 Å². The molecule has 2 aromatic carbocycles. The normalized spacial score (nSPS) is 18.0. The zero-order valence-corrected chi connectivity index (χ0v) is 12.3. The molecule has 1 heterocycles. The molecule has 108 valence electrons. The minimum atomic E-state index is -0.338. The number of nitrogens with zero attached hydrogens (tertiary/aromatic N) is 2. The number of guanidine groups is 1. The summed E-state index contributed by atoms with van der Waals surface area (Å²) in [5.74, 6) is 0.0395. The third-order valence-corrected chi connectivity index (χ3v) is 3.96. The molecule has 21 heavy (non-hydrogen) atoms. The van der Waals surface area contributed by atoms with Crippen molar-refractivity contribution in [2.75, 3.05) is 11.4 Å². The summed E-state index contributed by atoms with van der Waals surface area (Å²) in [6, 6.07) is 12.2. The molecule has 2 N–H and O–H groups in total. The van der Waals surface area contributed by atoms with Crippen molar-refractivity contribution in [2.24, 2.45) is 10.7 Å².